The van der Waals surface area contributed by atoms with Crippen LogP contribution in [0.4, 0.5) is 0 Å². The second-order valence-corrected chi connectivity index (χ2v) is 5.14. The summed E-state index contributed by atoms with van der Waals surface area (Å²) in [7, 11) is 1.53. The number of aromatic amines is 1. The topological polar surface area (TPSA) is 117 Å². The fourth-order valence-electron chi connectivity index (χ4n) is 2.11. The van der Waals surface area contributed by atoms with E-state index in [1.807, 2.05) is 0 Å². The maximum Gasteiger partial charge on any atom is 0.255 e. The van der Waals surface area contributed by atoms with E-state index in [-0.39, 0.29) is 36.8 Å². The summed E-state index contributed by atoms with van der Waals surface area (Å²) >= 11 is 0. The van der Waals surface area contributed by atoms with Crippen molar-refractivity contribution in [2.75, 3.05) is 13.6 Å². The van der Waals surface area contributed by atoms with Gasteiger partial charge in [0, 0.05) is 37.5 Å². The summed E-state index contributed by atoms with van der Waals surface area (Å²) in [4.78, 5) is 46.3. The van der Waals surface area contributed by atoms with E-state index in [4.69, 9.17) is 0 Å². The Labute approximate surface area is 138 Å². The van der Waals surface area contributed by atoms with Crippen molar-refractivity contribution in [3.05, 3.63) is 46.0 Å². The summed E-state index contributed by atoms with van der Waals surface area (Å²) in [5.41, 5.74) is 0.955. The minimum absolute atomic E-state index is 0.0928. The molecule has 2 aromatic rings. The predicted octanol–water partition coefficient (Wildman–Crippen LogP) is -0.0649. The highest BCUT2D eigenvalue weighted by Crippen LogP contribution is 2.11. The Balaban J connectivity index is 2.07. The summed E-state index contributed by atoms with van der Waals surface area (Å²) in [6, 6.07) is 5.31. The predicted molar refractivity (Wildman–Crippen MR) is 88.2 cm³/mol. The maximum atomic E-state index is 12.2. The number of carbonyl (C=O) groups is 2. The van der Waals surface area contributed by atoms with Crippen LogP contribution in [0.5, 0.6) is 0 Å². The first kappa shape index (κ1) is 17.3. The van der Waals surface area contributed by atoms with E-state index in [0.717, 1.165) is 0 Å². The number of hydrogen-bond donors (Lipinski definition) is 3. The molecule has 0 fully saturated rings. The highest BCUT2D eigenvalue weighted by Gasteiger charge is 2.13. The van der Waals surface area contributed by atoms with Gasteiger partial charge in [0.05, 0.1) is 6.42 Å². The first-order valence-corrected chi connectivity index (χ1v) is 7.49. The Hall–Kier alpha value is -3.03. The van der Waals surface area contributed by atoms with E-state index in [2.05, 4.69) is 25.6 Å². The van der Waals surface area contributed by atoms with Crippen LogP contribution in [-0.4, -0.2) is 40.4 Å². The molecule has 0 atom stereocenters. The van der Waals surface area contributed by atoms with Crippen LogP contribution in [0.15, 0.2) is 29.2 Å². The molecule has 0 aliphatic rings. The lowest BCUT2D eigenvalue weighted by molar-refractivity contribution is -0.121. The third-order valence-corrected chi connectivity index (χ3v) is 3.42. The molecule has 0 bridgehead atoms. The van der Waals surface area contributed by atoms with Crippen LogP contribution in [0.3, 0.4) is 0 Å². The van der Waals surface area contributed by atoms with Gasteiger partial charge in [0.15, 0.2) is 5.82 Å². The molecule has 2 amide bonds. The van der Waals surface area contributed by atoms with Crippen molar-refractivity contribution < 1.29 is 9.59 Å². The lowest BCUT2D eigenvalue weighted by atomic mass is 10.1. The van der Waals surface area contributed by atoms with Gasteiger partial charge in [-0.15, -0.1) is 0 Å². The molecule has 2 rings (SSSR count). The van der Waals surface area contributed by atoms with E-state index >= 15 is 0 Å². The molecule has 0 spiro atoms. The first-order valence-electron chi connectivity index (χ1n) is 7.49. The monoisotopic (exact) mass is 329 g/mol. The van der Waals surface area contributed by atoms with Crippen molar-refractivity contribution in [1.29, 1.82) is 0 Å². The average Bonchev–Trinajstić information content (AvgIpc) is 2.58. The molecule has 0 aromatic carbocycles. The van der Waals surface area contributed by atoms with Crippen LogP contribution >= 0.6 is 0 Å². The number of aromatic nitrogens is 3. The molecule has 3 N–H and O–H groups in total. The molecule has 0 saturated carbocycles. The van der Waals surface area contributed by atoms with Gasteiger partial charge in [-0.1, -0.05) is 6.07 Å². The fraction of sp³-hybridized carbons (Fsp3) is 0.312. The highest BCUT2D eigenvalue weighted by atomic mass is 16.2. The third-order valence-electron chi connectivity index (χ3n) is 3.42. The number of carbonyl (C=O) groups excluding carboxylic acids is 2. The molecule has 0 unspecified atom stereocenters. The van der Waals surface area contributed by atoms with E-state index in [0.29, 0.717) is 22.8 Å². The van der Waals surface area contributed by atoms with Crippen molar-refractivity contribution in [1.82, 2.24) is 25.6 Å². The zero-order chi connectivity index (χ0) is 17.5. The molecule has 0 radical (unpaired) electrons. The Morgan fingerprint density at radius 2 is 2.04 bits per heavy atom. The SMILES string of the molecule is CNC(=O)CCNC(=O)Cc1c(C)nc(-c2ccccn2)[nH]c1=O. The highest BCUT2D eigenvalue weighted by molar-refractivity contribution is 5.80. The molecule has 0 aliphatic carbocycles. The number of hydrogen-bond acceptors (Lipinski definition) is 5. The molecule has 8 heteroatoms. The van der Waals surface area contributed by atoms with Crippen molar-refractivity contribution in [2.24, 2.45) is 0 Å². The number of nitrogens with one attached hydrogen (secondary N) is 3. The zero-order valence-corrected chi connectivity index (χ0v) is 13.5. The summed E-state index contributed by atoms with van der Waals surface area (Å²) in [5, 5.41) is 5.07. The largest absolute Gasteiger partial charge is 0.359 e. The molecule has 0 saturated heterocycles. The summed E-state index contributed by atoms with van der Waals surface area (Å²) in [6.45, 7) is 1.89. The number of H-pyrrole nitrogens is 1. The van der Waals surface area contributed by atoms with E-state index in [1.165, 1.54) is 7.05 Å². The summed E-state index contributed by atoms with van der Waals surface area (Å²) < 4.78 is 0. The Bertz CT molecular complexity index is 786. The quantitative estimate of drug-likeness (QED) is 0.686. The smallest absolute Gasteiger partial charge is 0.255 e. The van der Waals surface area contributed by atoms with Gasteiger partial charge in [0.1, 0.15) is 5.69 Å². The normalized spacial score (nSPS) is 10.2. The molecule has 8 nitrogen and oxygen atoms in total. The minimum Gasteiger partial charge on any atom is -0.359 e. The molecular weight excluding hydrogens is 310 g/mol. The lowest BCUT2D eigenvalue weighted by Crippen LogP contribution is -2.32. The molecular formula is C16H19N5O3. The zero-order valence-electron chi connectivity index (χ0n) is 13.5. The van der Waals surface area contributed by atoms with Gasteiger partial charge in [-0.25, -0.2) is 4.98 Å². The van der Waals surface area contributed by atoms with Crippen LogP contribution in [0.25, 0.3) is 11.5 Å². The van der Waals surface area contributed by atoms with Gasteiger partial charge >= 0.3 is 0 Å². The molecule has 2 heterocycles. The maximum absolute atomic E-state index is 12.2. The summed E-state index contributed by atoms with van der Waals surface area (Å²) in [5.74, 6) is -0.132. The minimum atomic E-state index is -0.371. The van der Waals surface area contributed by atoms with Crippen molar-refractivity contribution >= 4 is 11.8 Å². The number of pyridine rings is 1. The van der Waals surface area contributed by atoms with Gasteiger partial charge in [0.2, 0.25) is 11.8 Å². The van der Waals surface area contributed by atoms with E-state index < -0.39 is 0 Å². The Morgan fingerprint density at radius 3 is 2.67 bits per heavy atom. The fourth-order valence-corrected chi connectivity index (χ4v) is 2.11. The van der Waals surface area contributed by atoms with Crippen LogP contribution in [0.2, 0.25) is 0 Å². The van der Waals surface area contributed by atoms with E-state index in [1.54, 1.807) is 31.3 Å². The van der Waals surface area contributed by atoms with Gasteiger partial charge < -0.3 is 15.6 Å². The second-order valence-electron chi connectivity index (χ2n) is 5.14. The van der Waals surface area contributed by atoms with Gasteiger partial charge in [0.25, 0.3) is 5.56 Å². The number of amides is 2. The van der Waals surface area contributed by atoms with Gasteiger partial charge in [-0.3, -0.25) is 19.4 Å². The third kappa shape index (κ3) is 4.48. The molecule has 0 aliphatic heterocycles. The van der Waals surface area contributed by atoms with Crippen LogP contribution in [0, 0.1) is 6.92 Å². The second kappa shape index (κ2) is 8.00. The van der Waals surface area contributed by atoms with Crippen molar-refractivity contribution in [3.8, 4) is 11.5 Å². The molecule has 2 aromatic heterocycles. The Morgan fingerprint density at radius 1 is 1.25 bits per heavy atom. The van der Waals surface area contributed by atoms with E-state index in [9.17, 15) is 14.4 Å². The molecule has 126 valence electrons. The van der Waals surface area contributed by atoms with Gasteiger partial charge in [-0.2, -0.15) is 0 Å². The van der Waals surface area contributed by atoms with Crippen LogP contribution in [0.1, 0.15) is 17.7 Å². The van der Waals surface area contributed by atoms with Crippen LogP contribution in [-0.2, 0) is 16.0 Å². The Kier molecular flexibility index (Phi) is 5.78. The average molecular weight is 329 g/mol. The van der Waals surface area contributed by atoms with Gasteiger partial charge in [-0.05, 0) is 19.1 Å². The van der Waals surface area contributed by atoms with Crippen molar-refractivity contribution in [3.63, 3.8) is 0 Å². The van der Waals surface area contributed by atoms with Crippen LogP contribution < -0.4 is 16.2 Å². The number of aryl methyl sites for hydroxylation is 1. The number of rotatable bonds is 6. The number of nitrogens with zero attached hydrogens (tertiary/aromatic N) is 2. The summed E-state index contributed by atoms with van der Waals surface area (Å²) in [6.07, 6.45) is 1.71. The molecule has 24 heavy (non-hydrogen) atoms. The first-order chi connectivity index (χ1) is 11.5. The van der Waals surface area contributed by atoms with Crippen molar-refractivity contribution in [2.45, 2.75) is 19.8 Å². The lowest BCUT2D eigenvalue weighted by Gasteiger charge is -2.08. The standard InChI is InChI=1S/C16H19N5O3/c1-10-11(9-14(23)19-8-6-13(22)17-2)16(24)21-15(20-10)12-5-3-4-7-18-12/h3-5,7H,6,8-9H2,1-2H3,(H,17,22)(H,19,23)(H,20,21,24).